The Morgan fingerprint density at radius 1 is 0.475 bits per heavy atom. The van der Waals surface area contributed by atoms with Crippen LogP contribution in [0.1, 0.15) is 0 Å². The molecule has 0 radical (unpaired) electrons. The third kappa shape index (κ3) is 2.53. The van der Waals surface area contributed by atoms with E-state index >= 15 is 0 Å². The first-order valence-corrected chi connectivity index (χ1v) is 14.6. The smallest absolute Gasteiger partial charge is 0.0625 e. The Balaban J connectivity index is 1.35. The van der Waals surface area contributed by atoms with E-state index in [0.717, 1.165) is 0 Å². The second kappa shape index (κ2) is 7.38. The van der Waals surface area contributed by atoms with Crippen LogP contribution in [-0.2, 0) is 0 Å². The van der Waals surface area contributed by atoms with Gasteiger partial charge in [-0.05, 0) is 62.5 Å². The summed E-state index contributed by atoms with van der Waals surface area (Å²) in [7, 11) is 0. The van der Waals surface area contributed by atoms with E-state index in [1.54, 1.807) is 0 Å². The highest BCUT2D eigenvalue weighted by Gasteiger charge is 2.26. The van der Waals surface area contributed by atoms with E-state index in [1.165, 1.54) is 91.5 Å². The van der Waals surface area contributed by atoms with Crippen molar-refractivity contribution in [1.82, 2.24) is 4.57 Å². The van der Waals surface area contributed by atoms with Gasteiger partial charge in [-0.2, -0.15) is 0 Å². The van der Waals surface area contributed by atoms with Crippen molar-refractivity contribution in [2.24, 2.45) is 0 Å². The van der Waals surface area contributed by atoms with Crippen molar-refractivity contribution in [2.45, 2.75) is 0 Å². The number of benzene rings is 7. The number of hydrogen-bond acceptors (Lipinski definition) is 1. The quantitative estimate of drug-likeness (QED) is 0.202. The van der Waals surface area contributed by atoms with Gasteiger partial charge in [-0.25, -0.2) is 0 Å². The number of hydrogen-bond donors (Lipinski definition) is 0. The highest BCUT2D eigenvalue weighted by atomic mass is 32.1. The van der Waals surface area contributed by atoms with Gasteiger partial charge >= 0.3 is 0 Å². The zero-order valence-corrected chi connectivity index (χ0v) is 22.3. The molecule has 7 aromatic carbocycles. The molecule has 9 aromatic rings. The SMILES string of the molecule is c1cc2c3c(cccc3c1)-c1c-2ccc2c3ccccc3n(-c3ccc4sc5c6ccccc6ccc5c4c3)c12. The van der Waals surface area contributed by atoms with Gasteiger partial charge in [0.05, 0.1) is 11.0 Å². The molecule has 0 bridgehead atoms. The van der Waals surface area contributed by atoms with Crippen LogP contribution in [0, 0.1) is 0 Å². The van der Waals surface area contributed by atoms with Crippen molar-refractivity contribution in [3.05, 3.63) is 127 Å². The largest absolute Gasteiger partial charge is 0.309 e. The van der Waals surface area contributed by atoms with Gasteiger partial charge in [-0.1, -0.05) is 103 Å². The monoisotopic (exact) mass is 523 g/mol. The molecule has 0 spiro atoms. The predicted molar refractivity (Wildman–Crippen MR) is 173 cm³/mol. The topological polar surface area (TPSA) is 4.93 Å². The molecule has 2 heteroatoms. The normalized spacial score (nSPS) is 12.5. The summed E-state index contributed by atoms with van der Waals surface area (Å²) < 4.78 is 5.21. The number of nitrogens with zero attached hydrogens (tertiary/aromatic N) is 1. The van der Waals surface area contributed by atoms with Crippen molar-refractivity contribution in [3.8, 4) is 27.9 Å². The fraction of sp³-hybridized carbons (Fsp3) is 0. The van der Waals surface area contributed by atoms with Gasteiger partial charge in [0.25, 0.3) is 0 Å². The van der Waals surface area contributed by atoms with Gasteiger partial charge in [-0.15, -0.1) is 11.3 Å². The maximum absolute atomic E-state index is 2.51. The Morgan fingerprint density at radius 3 is 2.17 bits per heavy atom. The van der Waals surface area contributed by atoms with Crippen LogP contribution in [0.2, 0.25) is 0 Å². The summed E-state index contributed by atoms with van der Waals surface area (Å²) >= 11 is 1.90. The van der Waals surface area contributed by atoms with E-state index < -0.39 is 0 Å². The van der Waals surface area contributed by atoms with Gasteiger partial charge in [0.15, 0.2) is 0 Å². The number of fused-ring (bicyclic) bond motifs is 12. The molecule has 0 N–H and O–H groups in total. The predicted octanol–water partition coefficient (Wildman–Crippen LogP) is 11.1. The van der Waals surface area contributed by atoms with Gasteiger partial charge in [0.2, 0.25) is 0 Å². The molecule has 40 heavy (non-hydrogen) atoms. The number of rotatable bonds is 1. The summed E-state index contributed by atoms with van der Waals surface area (Å²) in [6.45, 7) is 0. The standard InChI is InChI=1S/C38H21NS/c1-2-10-25-22(7-1)15-17-30-32-21-24(16-20-34(32)40-38(25)30)39-33-14-4-3-11-26(33)29-19-18-28-27-12-5-8-23-9-6-13-31(35(23)27)36(28)37(29)39/h1-21H. The zero-order chi connectivity index (χ0) is 25.9. The first-order chi connectivity index (χ1) is 19.8. The summed E-state index contributed by atoms with van der Waals surface area (Å²) in [5.74, 6) is 0. The second-order valence-corrected chi connectivity index (χ2v) is 11.9. The Labute approximate surface area is 234 Å². The molecule has 10 rings (SSSR count). The Bertz CT molecular complexity index is 2540. The van der Waals surface area contributed by atoms with Crippen LogP contribution in [-0.4, -0.2) is 4.57 Å². The molecule has 2 aromatic heterocycles. The molecule has 184 valence electrons. The maximum Gasteiger partial charge on any atom is 0.0625 e. The lowest BCUT2D eigenvalue weighted by molar-refractivity contribution is 1.19. The van der Waals surface area contributed by atoms with E-state index in [0.29, 0.717) is 0 Å². The number of thiophene rings is 1. The lowest BCUT2D eigenvalue weighted by Crippen LogP contribution is -1.95. The van der Waals surface area contributed by atoms with Crippen LogP contribution in [0.5, 0.6) is 0 Å². The minimum atomic E-state index is 1.21. The molecular formula is C38H21NS. The van der Waals surface area contributed by atoms with E-state index in [4.69, 9.17) is 0 Å². The lowest BCUT2D eigenvalue weighted by Gasteiger charge is -2.12. The molecule has 2 heterocycles. The molecule has 0 fully saturated rings. The molecule has 0 atom stereocenters. The third-order valence-electron chi connectivity index (χ3n) is 8.90. The molecule has 0 unspecified atom stereocenters. The highest BCUT2D eigenvalue weighted by molar-refractivity contribution is 7.26. The third-order valence-corrected chi connectivity index (χ3v) is 10.1. The maximum atomic E-state index is 2.51. The minimum absolute atomic E-state index is 1.21. The van der Waals surface area contributed by atoms with E-state index in [-0.39, 0.29) is 0 Å². The van der Waals surface area contributed by atoms with Crippen molar-refractivity contribution in [2.75, 3.05) is 0 Å². The fourth-order valence-corrected chi connectivity index (χ4v) is 8.45. The summed E-state index contributed by atoms with van der Waals surface area (Å²) in [4.78, 5) is 0. The van der Waals surface area contributed by atoms with E-state index in [2.05, 4.69) is 132 Å². The zero-order valence-electron chi connectivity index (χ0n) is 21.5. The number of aromatic nitrogens is 1. The van der Waals surface area contributed by atoms with Crippen LogP contribution < -0.4 is 0 Å². The lowest BCUT2D eigenvalue weighted by atomic mass is 10.00. The molecule has 0 aliphatic heterocycles. The van der Waals surface area contributed by atoms with E-state index in [1.807, 2.05) is 11.3 Å². The first-order valence-electron chi connectivity index (χ1n) is 13.8. The summed E-state index contributed by atoms with van der Waals surface area (Å²) in [6.07, 6.45) is 0. The van der Waals surface area contributed by atoms with Crippen molar-refractivity contribution < 1.29 is 0 Å². The summed E-state index contributed by atoms with van der Waals surface area (Å²) in [6, 6.07) is 47.4. The number of para-hydroxylation sites is 1. The molecule has 1 nitrogen and oxygen atoms in total. The van der Waals surface area contributed by atoms with Crippen molar-refractivity contribution in [1.29, 1.82) is 0 Å². The van der Waals surface area contributed by atoms with Crippen LogP contribution in [0.25, 0.3) is 91.5 Å². The summed E-state index contributed by atoms with van der Waals surface area (Å²) in [5, 5.41) is 10.6. The fourth-order valence-electron chi connectivity index (χ4n) is 7.23. The van der Waals surface area contributed by atoms with Gasteiger partial charge in [0, 0.05) is 42.2 Å². The van der Waals surface area contributed by atoms with Crippen LogP contribution in [0.4, 0.5) is 0 Å². The molecule has 1 aliphatic carbocycles. The molecular weight excluding hydrogens is 502 g/mol. The van der Waals surface area contributed by atoms with Crippen molar-refractivity contribution in [3.63, 3.8) is 0 Å². The van der Waals surface area contributed by atoms with Gasteiger partial charge in [-0.3, -0.25) is 0 Å². The van der Waals surface area contributed by atoms with Crippen LogP contribution in [0.15, 0.2) is 127 Å². The highest BCUT2D eigenvalue weighted by Crippen LogP contribution is 2.52. The second-order valence-electron chi connectivity index (χ2n) is 10.9. The Hall–Kier alpha value is -4.92. The first kappa shape index (κ1) is 21.0. The molecule has 0 amide bonds. The van der Waals surface area contributed by atoms with Gasteiger partial charge in [0.1, 0.15) is 0 Å². The van der Waals surface area contributed by atoms with Crippen LogP contribution in [0.3, 0.4) is 0 Å². The Kier molecular flexibility index (Phi) is 3.87. The minimum Gasteiger partial charge on any atom is -0.309 e. The van der Waals surface area contributed by atoms with E-state index in [9.17, 15) is 0 Å². The molecule has 0 saturated heterocycles. The van der Waals surface area contributed by atoms with Crippen LogP contribution >= 0.6 is 11.3 Å². The molecule has 1 aliphatic rings. The van der Waals surface area contributed by atoms with Crippen molar-refractivity contribution >= 4 is 74.9 Å². The average molecular weight is 524 g/mol. The Morgan fingerprint density at radius 2 is 1.25 bits per heavy atom. The molecule has 0 saturated carbocycles. The average Bonchev–Trinajstić information content (AvgIpc) is 3.66. The summed E-state index contributed by atoms with van der Waals surface area (Å²) in [5.41, 5.74) is 9.12. The van der Waals surface area contributed by atoms with Gasteiger partial charge < -0.3 is 4.57 Å².